The highest BCUT2D eigenvalue weighted by atomic mass is 19.1. The largest absolute Gasteiger partial charge is 0.352 e. The molecule has 1 atom stereocenters. The summed E-state index contributed by atoms with van der Waals surface area (Å²) >= 11 is 0. The maximum atomic E-state index is 13.3. The van der Waals surface area contributed by atoms with E-state index in [2.05, 4.69) is 15.5 Å². The number of piperazine rings is 1. The quantitative estimate of drug-likeness (QED) is 0.750. The molecule has 2 aromatic carbocycles. The van der Waals surface area contributed by atoms with Crippen molar-refractivity contribution in [2.45, 2.75) is 6.04 Å². The van der Waals surface area contributed by atoms with E-state index in [9.17, 15) is 14.0 Å². The van der Waals surface area contributed by atoms with Gasteiger partial charge in [0.15, 0.2) is 0 Å². The molecule has 0 spiro atoms. The van der Waals surface area contributed by atoms with Gasteiger partial charge in [0.05, 0.1) is 6.20 Å². The topological polar surface area (TPSA) is 78.1 Å². The van der Waals surface area contributed by atoms with Crippen LogP contribution in [0, 0.1) is 5.82 Å². The molecule has 1 aliphatic heterocycles. The highest BCUT2D eigenvalue weighted by molar-refractivity contribution is 5.99. The molecule has 1 fully saturated rings. The van der Waals surface area contributed by atoms with Gasteiger partial charge in [0.1, 0.15) is 11.9 Å². The number of hydrogen-bond acceptors (Lipinski definition) is 3. The first kappa shape index (κ1) is 17.0. The van der Waals surface area contributed by atoms with Crippen LogP contribution >= 0.6 is 0 Å². The normalized spacial score (nSPS) is 16.9. The van der Waals surface area contributed by atoms with Crippen LogP contribution in [0.1, 0.15) is 22.0 Å². The van der Waals surface area contributed by atoms with Crippen molar-refractivity contribution in [3.05, 3.63) is 77.9 Å². The molecule has 1 saturated heterocycles. The van der Waals surface area contributed by atoms with E-state index in [1.807, 2.05) is 6.07 Å². The molecule has 4 rings (SSSR count). The van der Waals surface area contributed by atoms with Crippen molar-refractivity contribution >= 4 is 11.8 Å². The number of amides is 2. The van der Waals surface area contributed by atoms with Crippen LogP contribution in [-0.2, 0) is 4.79 Å². The van der Waals surface area contributed by atoms with E-state index in [4.69, 9.17) is 0 Å². The van der Waals surface area contributed by atoms with E-state index in [1.165, 1.54) is 29.2 Å². The highest BCUT2D eigenvalue weighted by Gasteiger charge is 2.34. The summed E-state index contributed by atoms with van der Waals surface area (Å²) in [6.45, 7) is 0.756. The van der Waals surface area contributed by atoms with E-state index in [0.29, 0.717) is 24.2 Å². The lowest BCUT2D eigenvalue weighted by Gasteiger charge is -2.35. The molecule has 27 heavy (non-hydrogen) atoms. The van der Waals surface area contributed by atoms with Gasteiger partial charge in [-0.1, -0.05) is 24.3 Å². The Labute approximate surface area is 155 Å². The highest BCUT2D eigenvalue weighted by Crippen LogP contribution is 2.27. The minimum Gasteiger partial charge on any atom is -0.352 e. The molecule has 0 radical (unpaired) electrons. The third kappa shape index (κ3) is 3.31. The molecule has 1 aromatic heterocycles. The van der Waals surface area contributed by atoms with E-state index < -0.39 is 6.04 Å². The van der Waals surface area contributed by atoms with Crippen LogP contribution in [0.2, 0.25) is 0 Å². The molecule has 136 valence electrons. The van der Waals surface area contributed by atoms with Crippen molar-refractivity contribution in [3.63, 3.8) is 0 Å². The molecule has 1 unspecified atom stereocenters. The molecule has 3 aromatic rings. The molecular weight excluding hydrogens is 347 g/mol. The summed E-state index contributed by atoms with van der Waals surface area (Å²) in [6.07, 6.45) is 3.43. The molecule has 0 bridgehead atoms. The van der Waals surface area contributed by atoms with Gasteiger partial charge >= 0.3 is 0 Å². The minimum atomic E-state index is -0.788. The zero-order valence-corrected chi connectivity index (χ0v) is 14.4. The average molecular weight is 364 g/mol. The maximum Gasteiger partial charge on any atom is 0.254 e. The van der Waals surface area contributed by atoms with E-state index in [0.717, 1.165) is 11.1 Å². The Hall–Kier alpha value is -3.48. The second-order valence-corrected chi connectivity index (χ2v) is 6.31. The lowest BCUT2D eigenvalue weighted by Crippen LogP contribution is -2.52. The first-order valence-electron chi connectivity index (χ1n) is 8.57. The van der Waals surface area contributed by atoms with Gasteiger partial charge in [-0.25, -0.2) is 4.39 Å². The number of carbonyl (C=O) groups is 2. The van der Waals surface area contributed by atoms with Crippen LogP contribution in [0.25, 0.3) is 11.1 Å². The summed E-state index contributed by atoms with van der Waals surface area (Å²) in [5, 5.41) is 9.45. The van der Waals surface area contributed by atoms with Crippen molar-refractivity contribution in [1.29, 1.82) is 0 Å². The number of rotatable bonds is 3. The number of H-pyrrole nitrogens is 1. The van der Waals surface area contributed by atoms with Gasteiger partial charge in [0.25, 0.3) is 5.91 Å². The smallest absolute Gasteiger partial charge is 0.254 e. The Kier molecular flexibility index (Phi) is 4.42. The van der Waals surface area contributed by atoms with Crippen LogP contribution in [0.15, 0.2) is 60.9 Å². The van der Waals surface area contributed by atoms with E-state index in [1.54, 1.807) is 30.6 Å². The number of halogens is 1. The molecule has 0 aliphatic carbocycles. The summed E-state index contributed by atoms with van der Waals surface area (Å²) in [7, 11) is 0. The zero-order chi connectivity index (χ0) is 18.8. The maximum absolute atomic E-state index is 13.3. The number of nitrogens with zero attached hydrogens (tertiary/aromatic N) is 2. The van der Waals surface area contributed by atoms with Gasteiger partial charge in [0.2, 0.25) is 5.91 Å². The SMILES string of the molecule is O=C1NCCN(C(=O)c2cccc(-c3cn[nH]c3)c2)C1c1ccc(F)cc1. The number of aromatic amines is 1. The lowest BCUT2D eigenvalue weighted by molar-refractivity contribution is -0.128. The molecule has 2 N–H and O–H groups in total. The summed E-state index contributed by atoms with van der Waals surface area (Å²) in [4.78, 5) is 27.2. The third-order valence-electron chi connectivity index (χ3n) is 4.60. The van der Waals surface area contributed by atoms with Crippen LogP contribution in [0.3, 0.4) is 0 Å². The number of benzene rings is 2. The molecule has 1 aliphatic rings. The molecule has 7 heteroatoms. The Morgan fingerprint density at radius 2 is 1.96 bits per heavy atom. The van der Waals surface area contributed by atoms with E-state index >= 15 is 0 Å². The monoisotopic (exact) mass is 364 g/mol. The summed E-state index contributed by atoms with van der Waals surface area (Å²) in [5.41, 5.74) is 2.79. The van der Waals surface area contributed by atoms with Crippen molar-refractivity contribution in [2.75, 3.05) is 13.1 Å². The van der Waals surface area contributed by atoms with Crippen LogP contribution in [-0.4, -0.2) is 40.0 Å². The van der Waals surface area contributed by atoms with Crippen LogP contribution in [0.5, 0.6) is 0 Å². The van der Waals surface area contributed by atoms with Crippen LogP contribution < -0.4 is 5.32 Å². The second-order valence-electron chi connectivity index (χ2n) is 6.31. The van der Waals surface area contributed by atoms with Crippen molar-refractivity contribution < 1.29 is 14.0 Å². The Balaban J connectivity index is 1.67. The van der Waals surface area contributed by atoms with E-state index in [-0.39, 0.29) is 17.6 Å². The van der Waals surface area contributed by atoms with Gasteiger partial charge < -0.3 is 10.2 Å². The fraction of sp³-hybridized carbons (Fsp3) is 0.150. The van der Waals surface area contributed by atoms with Gasteiger partial charge in [-0.3, -0.25) is 14.7 Å². The Morgan fingerprint density at radius 1 is 1.15 bits per heavy atom. The standard InChI is InChI=1S/C20H17FN4O2/c21-17-6-4-13(5-7-17)18-19(26)22-8-9-25(18)20(27)15-3-1-2-14(10-15)16-11-23-24-12-16/h1-7,10-12,18H,8-9H2,(H,22,26)(H,23,24). The van der Waals surface area contributed by atoms with Crippen LogP contribution in [0.4, 0.5) is 4.39 Å². The predicted molar refractivity (Wildman–Crippen MR) is 97.2 cm³/mol. The molecule has 6 nitrogen and oxygen atoms in total. The fourth-order valence-corrected chi connectivity index (χ4v) is 3.27. The zero-order valence-electron chi connectivity index (χ0n) is 14.4. The first-order valence-corrected chi connectivity index (χ1v) is 8.57. The summed E-state index contributed by atoms with van der Waals surface area (Å²) < 4.78 is 13.3. The number of nitrogens with one attached hydrogen (secondary N) is 2. The summed E-state index contributed by atoms with van der Waals surface area (Å²) in [5.74, 6) is -0.905. The average Bonchev–Trinajstić information content (AvgIpc) is 3.23. The van der Waals surface area contributed by atoms with Crippen molar-refractivity contribution in [3.8, 4) is 11.1 Å². The molecule has 0 saturated carbocycles. The number of hydrogen-bond donors (Lipinski definition) is 2. The second kappa shape index (κ2) is 7.03. The first-order chi connectivity index (χ1) is 13.1. The number of carbonyl (C=O) groups excluding carboxylic acids is 2. The van der Waals surface area contributed by atoms with Gasteiger partial charge in [-0.2, -0.15) is 5.10 Å². The summed E-state index contributed by atoms with van der Waals surface area (Å²) in [6, 6.07) is 12.1. The fourth-order valence-electron chi connectivity index (χ4n) is 3.27. The molecule has 2 amide bonds. The number of aromatic nitrogens is 2. The lowest BCUT2D eigenvalue weighted by atomic mass is 10.00. The van der Waals surface area contributed by atoms with Gasteiger partial charge in [-0.15, -0.1) is 0 Å². The Morgan fingerprint density at radius 3 is 2.70 bits per heavy atom. The molecule has 2 heterocycles. The van der Waals surface area contributed by atoms with Gasteiger partial charge in [0, 0.05) is 30.4 Å². The third-order valence-corrected chi connectivity index (χ3v) is 4.60. The minimum absolute atomic E-state index is 0.246. The van der Waals surface area contributed by atoms with Gasteiger partial charge in [-0.05, 0) is 35.4 Å². The Bertz CT molecular complexity index is 970. The predicted octanol–water partition coefficient (Wildman–Crippen LogP) is 2.53. The molecular formula is C20H17FN4O2. The van der Waals surface area contributed by atoms with Crippen molar-refractivity contribution in [2.24, 2.45) is 0 Å². The van der Waals surface area contributed by atoms with Crippen molar-refractivity contribution in [1.82, 2.24) is 20.4 Å².